The number of hydrogen-bond donors (Lipinski definition) is 1. The highest BCUT2D eigenvalue weighted by molar-refractivity contribution is 5.78. The van der Waals surface area contributed by atoms with Crippen molar-refractivity contribution in [1.82, 2.24) is 4.90 Å². The molecule has 0 unspecified atom stereocenters. The minimum Gasteiger partial charge on any atom is -0.395 e. The summed E-state index contributed by atoms with van der Waals surface area (Å²) in [5.41, 5.74) is 0. The Labute approximate surface area is 71.7 Å². The molecule has 0 spiro atoms. The Morgan fingerprint density at radius 2 is 2.42 bits per heavy atom. The van der Waals surface area contributed by atoms with E-state index in [0.717, 1.165) is 0 Å². The third-order valence-corrected chi connectivity index (χ3v) is 1.30. The number of carbonyl (C=O) groups is 1. The highest BCUT2D eigenvalue weighted by Crippen LogP contribution is 1.93. The van der Waals surface area contributed by atoms with Crippen LogP contribution in [-0.4, -0.2) is 35.6 Å². The molecule has 4 heteroatoms. The second-order valence-electron chi connectivity index (χ2n) is 2.19. The number of nitriles is 1. The third-order valence-electron chi connectivity index (χ3n) is 1.30. The van der Waals surface area contributed by atoms with E-state index in [0.29, 0.717) is 6.54 Å². The molecule has 0 rings (SSSR count). The normalized spacial score (nSPS) is 8.67. The summed E-state index contributed by atoms with van der Waals surface area (Å²) in [4.78, 5) is 12.5. The molecule has 0 heterocycles. The van der Waals surface area contributed by atoms with Gasteiger partial charge in [-0.15, -0.1) is 6.58 Å². The van der Waals surface area contributed by atoms with Crippen molar-refractivity contribution >= 4 is 5.91 Å². The summed E-state index contributed by atoms with van der Waals surface area (Å²) in [6.07, 6.45) is 1.42. The van der Waals surface area contributed by atoms with Crippen LogP contribution in [0.5, 0.6) is 0 Å². The molecule has 0 saturated heterocycles. The summed E-state index contributed by atoms with van der Waals surface area (Å²) in [5.74, 6) is -0.272. The standard InChI is InChI=1S/C8H12N2O2/c1-2-5-10(6-7-11)8(12)3-4-9/h2,11H,1,3,5-7H2. The van der Waals surface area contributed by atoms with E-state index in [1.54, 1.807) is 12.1 Å². The molecule has 1 N–H and O–H groups in total. The van der Waals surface area contributed by atoms with Crippen molar-refractivity contribution in [1.29, 1.82) is 5.26 Å². The van der Waals surface area contributed by atoms with Gasteiger partial charge < -0.3 is 10.0 Å². The van der Waals surface area contributed by atoms with Crippen LogP contribution in [0.3, 0.4) is 0 Å². The molecule has 0 aliphatic rings. The zero-order valence-corrected chi connectivity index (χ0v) is 6.86. The first-order valence-electron chi connectivity index (χ1n) is 3.62. The first-order chi connectivity index (χ1) is 5.76. The van der Waals surface area contributed by atoms with Crippen molar-refractivity contribution in [3.63, 3.8) is 0 Å². The summed E-state index contributed by atoms with van der Waals surface area (Å²) in [6, 6.07) is 1.76. The van der Waals surface area contributed by atoms with E-state index < -0.39 is 0 Å². The van der Waals surface area contributed by atoms with Crippen molar-refractivity contribution in [3.05, 3.63) is 12.7 Å². The lowest BCUT2D eigenvalue weighted by Gasteiger charge is -2.17. The molecule has 4 nitrogen and oxygen atoms in total. The van der Waals surface area contributed by atoms with Gasteiger partial charge in [-0.1, -0.05) is 6.08 Å². The van der Waals surface area contributed by atoms with E-state index >= 15 is 0 Å². The van der Waals surface area contributed by atoms with Gasteiger partial charge in [0.05, 0.1) is 12.7 Å². The molecule has 0 aromatic carbocycles. The lowest BCUT2D eigenvalue weighted by Crippen LogP contribution is -2.33. The molecule has 12 heavy (non-hydrogen) atoms. The Morgan fingerprint density at radius 1 is 1.75 bits per heavy atom. The van der Waals surface area contributed by atoms with Gasteiger partial charge in [-0.2, -0.15) is 5.26 Å². The smallest absolute Gasteiger partial charge is 0.237 e. The summed E-state index contributed by atoms with van der Waals surface area (Å²) < 4.78 is 0. The SMILES string of the molecule is C=CCN(CCO)C(=O)CC#N. The van der Waals surface area contributed by atoms with E-state index in [9.17, 15) is 4.79 Å². The number of hydrogen-bond acceptors (Lipinski definition) is 3. The Hall–Kier alpha value is -1.34. The van der Waals surface area contributed by atoms with Gasteiger partial charge in [-0.25, -0.2) is 0 Å². The molecular weight excluding hydrogens is 156 g/mol. The molecule has 0 aliphatic carbocycles. The van der Waals surface area contributed by atoms with Crippen molar-refractivity contribution in [2.45, 2.75) is 6.42 Å². The van der Waals surface area contributed by atoms with E-state index in [2.05, 4.69) is 6.58 Å². The summed E-state index contributed by atoms with van der Waals surface area (Å²) in [7, 11) is 0. The van der Waals surface area contributed by atoms with Crippen molar-refractivity contribution in [2.75, 3.05) is 19.7 Å². The topological polar surface area (TPSA) is 64.3 Å². The van der Waals surface area contributed by atoms with Crippen LogP contribution in [0.4, 0.5) is 0 Å². The van der Waals surface area contributed by atoms with E-state index in [1.807, 2.05) is 0 Å². The number of carbonyl (C=O) groups excluding carboxylic acids is 1. The summed E-state index contributed by atoms with van der Waals surface area (Å²) >= 11 is 0. The van der Waals surface area contributed by atoms with Crippen LogP contribution < -0.4 is 0 Å². The van der Waals surface area contributed by atoms with Crippen LogP contribution >= 0.6 is 0 Å². The number of aliphatic hydroxyl groups excluding tert-OH is 1. The summed E-state index contributed by atoms with van der Waals surface area (Å²) in [6.45, 7) is 4.01. The fourth-order valence-corrected chi connectivity index (χ4v) is 0.774. The van der Waals surface area contributed by atoms with Crippen molar-refractivity contribution in [3.8, 4) is 6.07 Å². The highest BCUT2D eigenvalue weighted by atomic mass is 16.3. The number of nitrogens with zero attached hydrogens (tertiary/aromatic N) is 2. The molecule has 0 aliphatic heterocycles. The maximum absolute atomic E-state index is 11.1. The number of rotatable bonds is 5. The van der Waals surface area contributed by atoms with Gasteiger partial charge in [0.15, 0.2) is 0 Å². The van der Waals surface area contributed by atoms with Crippen LogP contribution in [0.1, 0.15) is 6.42 Å². The molecule has 1 amide bonds. The maximum Gasteiger partial charge on any atom is 0.237 e. The second kappa shape index (κ2) is 6.38. The average Bonchev–Trinajstić information content (AvgIpc) is 2.04. The highest BCUT2D eigenvalue weighted by Gasteiger charge is 2.09. The predicted octanol–water partition coefficient (Wildman–Crippen LogP) is -0.0930. The van der Waals surface area contributed by atoms with Gasteiger partial charge in [0.25, 0.3) is 0 Å². The van der Waals surface area contributed by atoms with Gasteiger partial charge in [0.2, 0.25) is 5.91 Å². The van der Waals surface area contributed by atoms with Gasteiger partial charge >= 0.3 is 0 Å². The van der Waals surface area contributed by atoms with Crippen LogP contribution in [0.15, 0.2) is 12.7 Å². The van der Waals surface area contributed by atoms with Crippen LogP contribution in [0.2, 0.25) is 0 Å². The molecule has 0 radical (unpaired) electrons. The van der Waals surface area contributed by atoms with Gasteiger partial charge in [-0.05, 0) is 0 Å². The molecule has 66 valence electrons. The molecule has 0 atom stereocenters. The second-order valence-corrected chi connectivity index (χ2v) is 2.19. The lowest BCUT2D eigenvalue weighted by molar-refractivity contribution is -0.130. The first kappa shape index (κ1) is 10.7. The lowest BCUT2D eigenvalue weighted by atomic mass is 10.3. The average molecular weight is 168 g/mol. The minimum absolute atomic E-state index is 0.0923. The Bertz CT molecular complexity index is 196. The Balaban J connectivity index is 4.00. The molecule has 0 aromatic heterocycles. The number of aliphatic hydroxyl groups is 1. The van der Waals surface area contributed by atoms with Crippen LogP contribution in [-0.2, 0) is 4.79 Å². The minimum atomic E-state index is -0.272. The zero-order chi connectivity index (χ0) is 9.40. The molecule has 0 fully saturated rings. The van der Waals surface area contributed by atoms with Gasteiger partial charge in [0, 0.05) is 13.1 Å². The quantitative estimate of drug-likeness (QED) is 0.583. The van der Waals surface area contributed by atoms with Gasteiger partial charge in [-0.3, -0.25) is 4.79 Å². The zero-order valence-electron chi connectivity index (χ0n) is 6.86. The molecule has 0 saturated carbocycles. The number of amides is 1. The Morgan fingerprint density at radius 3 is 2.83 bits per heavy atom. The van der Waals surface area contributed by atoms with Crippen LogP contribution in [0, 0.1) is 11.3 Å². The van der Waals surface area contributed by atoms with Crippen LogP contribution in [0.25, 0.3) is 0 Å². The molecule has 0 aromatic rings. The third kappa shape index (κ3) is 3.74. The monoisotopic (exact) mass is 168 g/mol. The fraction of sp³-hybridized carbons (Fsp3) is 0.500. The van der Waals surface area contributed by atoms with Crippen molar-refractivity contribution < 1.29 is 9.90 Å². The first-order valence-corrected chi connectivity index (χ1v) is 3.62. The maximum atomic E-state index is 11.1. The summed E-state index contributed by atoms with van der Waals surface area (Å²) in [5, 5.41) is 16.8. The van der Waals surface area contributed by atoms with E-state index in [1.165, 1.54) is 4.90 Å². The van der Waals surface area contributed by atoms with E-state index in [4.69, 9.17) is 10.4 Å². The largest absolute Gasteiger partial charge is 0.395 e. The van der Waals surface area contributed by atoms with E-state index in [-0.39, 0.29) is 25.5 Å². The molecular formula is C8H12N2O2. The van der Waals surface area contributed by atoms with Crippen molar-refractivity contribution in [2.24, 2.45) is 0 Å². The molecule has 0 bridgehead atoms. The fourth-order valence-electron chi connectivity index (χ4n) is 0.774. The van der Waals surface area contributed by atoms with Gasteiger partial charge in [0.1, 0.15) is 6.42 Å². The Kier molecular flexibility index (Phi) is 5.66. The predicted molar refractivity (Wildman–Crippen MR) is 44.1 cm³/mol.